The number of rotatable bonds is 4. The summed E-state index contributed by atoms with van der Waals surface area (Å²) in [6.45, 7) is 0.152. The summed E-state index contributed by atoms with van der Waals surface area (Å²) < 4.78 is 1.36. The van der Waals surface area contributed by atoms with Gasteiger partial charge in [0.25, 0.3) is 5.56 Å². The summed E-state index contributed by atoms with van der Waals surface area (Å²) in [5.74, 6) is -0.307. The Morgan fingerprint density at radius 1 is 1.35 bits per heavy atom. The van der Waals surface area contributed by atoms with Gasteiger partial charge < -0.3 is 9.88 Å². The molecular weight excluding hydrogens is 258 g/mol. The molecule has 0 aliphatic heterocycles. The van der Waals surface area contributed by atoms with Crippen LogP contribution >= 0.6 is 0 Å². The maximum atomic E-state index is 11.9. The fourth-order valence-corrected chi connectivity index (χ4v) is 2.32. The first-order chi connectivity index (χ1) is 9.63. The molecule has 1 heterocycles. The number of fused-ring (bicyclic) bond motifs is 1. The molecule has 0 unspecified atom stereocenters. The Morgan fingerprint density at radius 3 is 2.90 bits per heavy atom. The Balaban J connectivity index is 2.22. The molecule has 1 N–H and O–H groups in total. The number of nitrogens with one attached hydrogen (secondary N) is 1. The molecule has 0 saturated heterocycles. The smallest absolute Gasteiger partial charge is 0.251 e. The second kappa shape index (κ2) is 6.15. The van der Waals surface area contributed by atoms with E-state index in [9.17, 15) is 14.4 Å². The molecule has 0 saturated carbocycles. The van der Waals surface area contributed by atoms with E-state index in [-0.39, 0.29) is 36.8 Å². The Hall–Kier alpha value is -2.42. The minimum atomic E-state index is -0.325. The van der Waals surface area contributed by atoms with Gasteiger partial charge in [-0.15, -0.1) is 0 Å². The highest BCUT2D eigenvalue weighted by molar-refractivity contribution is 5.98. The van der Waals surface area contributed by atoms with Crippen molar-refractivity contribution in [1.82, 2.24) is 9.88 Å². The molecule has 104 valence electrons. The van der Waals surface area contributed by atoms with E-state index in [1.807, 2.05) is 6.07 Å². The molecule has 0 aromatic carbocycles. The number of amides is 1. The van der Waals surface area contributed by atoms with Crippen molar-refractivity contribution in [1.29, 1.82) is 5.26 Å². The fourth-order valence-electron chi connectivity index (χ4n) is 2.32. The SMILES string of the molecule is N#CCCNC(=O)Cn1c2c(ccc1=O)C(=O)CCC2. The molecule has 1 amide bonds. The van der Waals surface area contributed by atoms with E-state index < -0.39 is 0 Å². The van der Waals surface area contributed by atoms with Crippen LogP contribution in [0.2, 0.25) is 0 Å². The molecule has 0 radical (unpaired) electrons. The Bertz CT molecular complexity index is 640. The van der Waals surface area contributed by atoms with E-state index >= 15 is 0 Å². The zero-order valence-corrected chi connectivity index (χ0v) is 11.0. The minimum Gasteiger partial charge on any atom is -0.354 e. The first kappa shape index (κ1) is 14.0. The number of hydrogen-bond donors (Lipinski definition) is 1. The number of aromatic nitrogens is 1. The van der Waals surface area contributed by atoms with Crippen molar-refractivity contribution in [3.8, 4) is 6.07 Å². The quantitative estimate of drug-likeness (QED) is 0.803. The molecule has 0 bridgehead atoms. The zero-order chi connectivity index (χ0) is 14.5. The van der Waals surface area contributed by atoms with Gasteiger partial charge in [-0.05, 0) is 18.9 Å². The van der Waals surface area contributed by atoms with Crippen LogP contribution in [0.5, 0.6) is 0 Å². The summed E-state index contributed by atoms with van der Waals surface area (Å²) in [4.78, 5) is 35.4. The summed E-state index contributed by atoms with van der Waals surface area (Å²) in [5, 5.41) is 11.0. The number of ketones is 1. The van der Waals surface area contributed by atoms with E-state index in [0.717, 1.165) is 0 Å². The summed E-state index contributed by atoms with van der Waals surface area (Å²) in [5.41, 5.74) is 0.902. The highest BCUT2D eigenvalue weighted by atomic mass is 16.2. The van der Waals surface area contributed by atoms with Gasteiger partial charge in [0.15, 0.2) is 5.78 Å². The van der Waals surface area contributed by atoms with Crippen molar-refractivity contribution in [2.45, 2.75) is 32.2 Å². The van der Waals surface area contributed by atoms with Gasteiger partial charge in [0.2, 0.25) is 5.91 Å². The number of hydrogen-bond acceptors (Lipinski definition) is 4. The number of carbonyl (C=O) groups excluding carboxylic acids is 2. The molecule has 1 aliphatic carbocycles. The number of nitriles is 1. The largest absolute Gasteiger partial charge is 0.354 e. The Kier molecular flexibility index (Phi) is 4.31. The van der Waals surface area contributed by atoms with Crippen molar-refractivity contribution < 1.29 is 9.59 Å². The van der Waals surface area contributed by atoms with Crippen LogP contribution in [0.3, 0.4) is 0 Å². The van der Waals surface area contributed by atoms with Gasteiger partial charge in [-0.1, -0.05) is 0 Å². The summed E-state index contributed by atoms with van der Waals surface area (Å²) >= 11 is 0. The topological polar surface area (TPSA) is 92.0 Å². The van der Waals surface area contributed by atoms with E-state index in [4.69, 9.17) is 5.26 Å². The molecule has 2 rings (SSSR count). The lowest BCUT2D eigenvalue weighted by molar-refractivity contribution is -0.121. The summed E-state index contributed by atoms with van der Waals surface area (Å²) in [6.07, 6.45) is 2.04. The number of nitrogens with zero attached hydrogens (tertiary/aromatic N) is 2. The molecule has 20 heavy (non-hydrogen) atoms. The third-order valence-corrected chi connectivity index (χ3v) is 3.27. The third-order valence-electron chi connectivity index (χ3n) is 3.27. The maximum Gasteiger partial charge on any atom is 0.251 e. The predicted octanol–water partition coefficient (Wildman–Crippen LogP) is 0.397. The van der Waals surface area contributed by atoms with E-state index in [1.165, 1.54) is 10.6 Å². The fraction of sp³-hybridized carbons (Fsp3) is 0.429. The number of carbonyl (C=O) groups is 2. The molecule has 1 aromatic rings. The van der Waals surface area contributed by atoms with Gasteiger partial charge in [-0.3, -0.25) is 14.4 Å². The molecule has 0 atom stereocenters. The number of Topliss-reactive ketones (excluding diaryl/α,β-unsaturated/α-hetero) is 1. The second-order valence-corrected chi connectivity index (χ2v) is 4.65. The van der Waals surface area contributed by atoms with Crippen LogP contribution in [0.4, 0.5) is 0 Å². The van der Waals surface area contributed by atoms with Crippen LogP contribution in [0.25, 0.3) is 0 Å². The highest BCUT2D eigenvalue weighted by Gasteiger charge is 2.21. The molecule has 6 heteroatoms. The van der Waals surface area contributed by atoms with Crippen LogP contribution in [0.1, 0.15) is 35.3 Å². The summed E-state index contributed by atoms with van der Waals surface area (Å²) in [7, 11) is 0. The maximum absolute atomic E-state index is 11.9. The van der Waals surface area contributed by atoms with Crippen molar-refractivity contribution >= 4 is 11.7 Å². The second-order valence-electron chi connectivity index (χ2n) is 4.65. The lowest BCUT2D eigenvalue weighted by Crippen LogP contribution is -2.35. The van der Waals surface area contributed by atoms with Crippen molar-refractivity contribution in [3.63, 3.8) is 0 Å². The Morgan fingerprint density at radius 2 is 2.15 bits per heavy atom. The molecule has 1 aliphatic rings. The first-order valence-corrected chi connectivity index (χ1v) is 6.53. The average molecular weight is 273 g/mol. The zero-order valence-electron chi connectivity index (χ0n) is 11.0. The van der Waals surface area contributed by atoms with Gasteiger partial charge in [0.05, 0.1) is 12.5 Å². The van der Waals surface area contributed by atoms with E-state index in [2.05, 4.69) is 5.32 Å². The minimum absolute atomic E-state index is 0.0184. The molecular formula is C14H15N3O3. The highest BCUT2D eigenvalue weighted by Crippen LogP contribution is 2.19. The third kappa shape index (κ3) is 2.94. The lowest BCUT2D eigenvalue weighted by atomic mass is 9.94. The van der Waals surface area contributed by atoms with E-state index in [1.54, 1.807) is 6.07 Å². The molecule has 1 aromatic heterocycles. The average Bonchev–Trinajstić information content (AvgIpc) is 2.43. The van der Waals surface area contributed by atoms with E-state index in [0.29, 0.717) is 30.5 Å². The van der Waals surface area contributed by atoms with Crippen molar-refractivity contribution in [2.24, 2.45) is 0 Å². The molecule has 6 nitrogen and oxygen atoms in total. The van der Waals surface area contributed by atoms with Crippen LogP contribution in [0.15, 0.2) is 16.9 Å². The standard InChI is InChI=1S/C14H15N3O3/c15-7-2-8-16-13(19)9-17-11-3-1-4-12(18)10(11)5-6-14(17)20/h5-6H,1-4,8-9H2,(H,16,19). The van der Waals surface area contributed by atoms with Gasteiger partial charge in [-0.25, -0.2) is 0 Å². The van der Waals surface area contributed by atoms with Crippen LogP contribution in [0, 0.1) is 11.3 Å². The predicted molar refractivity (Wildman–Crippen MR) is 71.2 cm³/mol. The molecule has 0 spiro atoms. The van der Waals surface area contributed by atoms with Gasteiger partial charge in [0, 0.05) is 30.3 Å². The normalized spacial score (nSPS) is 13.4. The van der Waals surface area contributed by atoms with Crippen LogP contribution in [-0.4, -0.2) is 22.8 Å². The van der Waals surface area contributed by atoms with Crippen molar-refractivity contribution in [3.05, 3.63) is 33.7 Å². The van der Waals surface area contributed by atoms with Crippen LogP contribution in [-0.2, 0) is 17.8 Å². The summed E-state index contributed by atoms with van der Waals surface area (Å²) in [6, 6.07) is 4.80. The van der Waals surface area contributed by atoms with Gasteiger partial charge in [-0.2, -0.15) is 5.26 Å². The monoisotopic (exact) mass is 273 g/mol. The van der Waals surface area contributed by atoms with Crippen molar-refractivity contribution in [2.75, 3.05) is 6.54 Å². The number of pyridine rings is 1. The Labute approximate surface area is 116 Å². The lowest BCUT2D eigenvalue weighted by Gasteiger charge is -2.19. The van der Waals surface area contributed by atoms with Crippen LogP contribution < -0.4 is 10.9 Å². The molecule has 0 fully saturated rings. The van der Waals surface area contributed by atoms with Gasteiger partial charge in [0.1, 0.15) is 6.54 Å². The first-order valence-electron chi connectivity index (χ1n) is 6.53. The van der Waals surface area contributed by atoms with Gasteiger partial charge >= 0.3 is 0 Å².